The fraction of sp³-hybridized carbons (Fsp3) is 0.0952. The molecule has 0 aliphatic heterocycles. The molecule has 17 heteroatoms. The predicted octanol–water partition coefficient (Wildman–Crippen LogP) is 1.42. The summed E-state index contributed by atoms with van der Waals surface area (Å²) in [6.45, 7) is 7.82. The van der Waals surface area contributed by atoms with Gasteiger partial charge in [-0.2, -0.15) is 47.2 Å². The molecular formula is C21H20BrF6MgO7S2+. The van der Waals surface area contributed by atoms with Gasteiger partial charge >= 0.3 is 50.2 Å². The zero-order valence-electron chi connectivity index (χ0n) is 19.3. The maximum atomic E-state index is 11.9. The molecule has 7 nitrogen and oxygen atoms in total. The Bertz CT molecular complexity index is 1120. The standard InChI is InChI=1S/C10H9FO.C8H7.C3H4FO2.BrH.2F2O2S.Mg/c1-2-8-3-5-9(6-4-8)10(12)7-11;1-2-8-6-4-3-5-7-8;1-6-3(5)2-4;;2*1-5(2,3)4;/h2-6H,1,7H2;2,4-7H,1H2;1-2H2;1H;;;/q;-1;+1;;;;+2/p-1. The number of benzene rings is 2. The largest absolute Gasteiger partial charge is 2.00 e. The summed E-state index contributed by atoms with van der Waals surface area (Å²) in [6.07, 6.45) is 3.48. The third kappa shape index (κ3) is 40.8. The van der Waals surface area contributed by atoms with Crippen LogP contribution in [0.4, 0.5) is 24.3 Å². The van der Waals surface area contributed by atoms with E-state index < -0.39 is 46.3 Å². The Morgan fingerprint density at radius 2 is 1.13 bits per heavy atom. The molecule has 0 radical (unpaired) electrons. The third-order valence-electron chi connectivity index (χ3n) is 2.84. The minimum Gasteiger partial charge on any atom is -1.00 e. The summed E-state index contributed by atoms with van der Waals surface area (Å²) < 4.78 is 99.6. The molecule has 0 spiro atoms. The van der Waals surface area contributed by atoms with Gasteiger partial charge in [0.05, 0.1) is 4.79 Å². The molecule has 2 aromatic carbocycles. The molecule has 0 aliphatic rings. The van der Waals surface area contributed by atoms with Crippen LogP contribution in [0.1, 0.15) is 21.5 Å². The van der Waals surface area contributed by atoms with Gasteiger partial charge in [0, 0.05) is 5.56 Å². The van der Waals surface area contributed by atoms with Crippen LogP contribution in [-0.4, -0.2) is 71.8 Å². The molecule has 208 valence electrons. The van der Waals surface area contributed by atoms with Crippen LogP contribution in [0.5, 0.6) is 0 Å². The van der Waals surface area contributed by atoms with Crippen molar-refractivity contribution in [1.29, 1.82) is 0 Å². The molecule has 0 atom stereocenters. The second-order valence-electron chi connectivity index (χ2n) is 5.33. The Morgan fingerprint density at radius 3 is 1.34 bits per heavy atom. The normalized spacial score (nSPS) is 9.00. The number of hydrogen-bond donors (Lipinski definition) is 0. The van der Waals surface area contributed by atoms with Gasteiger partial charge in [0.1, 0.15) is 0 Å². The van der Waals surface area contributed by atoms with Crippen LogP contribution in [0.15, 0.2) is 61.7 Å². The number of carbonyl (C=O) groups excluding carboxylic acids is 3. The van der Waals surface area contributed by atoms with Crippen molar-refractivity contribution in [3.05, 3.63) is 84.4 Å². The van der Waals surface area contributed by atoms with Gasteiger partial charge in [-0.1, -0.05) is 58.5 Å². The minimum absolute atomic E-state index is 0. The van der Waals surface area contributed by atoms with Gasteiger partial charge in [0.15, 0.2) is 19.2 Å². The van der Waals surface area contributed by atoms with E-state index in [2.05, 4.69) is 30.4 Å². The van der Waals surface area contributed by atoms with E-state index in [-0.39, 0.29) is 40.0 Å². The quantitative estimate of drug-likeness (QED) is 0.119. The van der Waals surface area contributed by atoms with Gasteiger partial charge in [-0.15, -0.1) is 12.1 Å². The Kier molecular flexibility index (Phi) is 31.5. The Morgan fingerprint density at radius 1 is 0.789 bits per heavy atom. The molecule has 0 aromatic heterocycles. The van der Waals surface area contributed by atoms with Crippen molar-refractivity contribution in [2.75, 3.05) is 13.3 Å². The summed E-state index contributed by atoms with van der Waals surface area (Å²) in [5, 5.41) is 0. The van der Waals surface area contributed by atoms with E-state index in [9.17, 15) is 33.9 Å². The molecular weight excluding hydrogens is 647 g/mol. The molecule has 38 heavy (non-hydrogen) atoms. The first-order valence-electron chi connectivity index (χ1n) is 8.71. The van der Waals surface area contributed by atoms with E-state index in [1.54, 1.807) is 30.3 Å². The molecule has 0 unspecified atom stereocenters. The number of alkyl halides is 2. The van der Waals surface area contributed by atoms with Gasteiger partial charge in [-0.3, -0.25) is 9.22 Å². The van der Waals surface area contributed by atoms with Gasteiger partial charge in [-0.05, 0) is 5.56 Å². The molecule has 2 rings (SSSR count). The van der Waals surface area contributed by atoms with Gasteiger partial charge in [0.25, 0.3) is 6.67 Å². The number of halogens is 7. The first kappa shape index (κ1) is 45.6. The number of hydrogen-bond acceptors (Lipinski definition) is 6. The molecule has 0 aliphatic carbocycles. The average molecular weight is 667 g/mol. The second-order valence-corrected chi connectivity index (χ2v) is 6.84. The Balaban J connectivity index is -0.000000124. The van der Waals surface area contributed by atoms with Crippen molar-refractivity contribution in [2.24, 2.45) is 0 Å². The predicted molar refractivity (Wildman–Crippen MR) is 128 cm³/mol. The van der Waals surface area contributed by atoms with Crippen molar-refractivity contribution in [1.82, 2.24) is 0 Å². The van der Waals surface area contributed by atoms with Crippen LogP contribution in [-0.2, 0) is 30.4 Å². The second kappa shape index (κ2) is 26.3. The summed E-state index contributed by atoms with van der Waals surface area (Å²) in [5.41, 5.74) is 2.47. The van der Waals surface area contributed by atoms with Crippen molar-refractivity contribution < 1.29 is 72.2 Å². The topological polar surface area (TPSA) is 114 Å². The molecule has 0 N–H and O–H groups in total. The van der Waals surface area contributed by atoms with Crippen molar-refractivity contribution in [3.8, 4) is 0 Å². The summed E-state index contributed by atoms with van der Waals surface area (Å²) >= 11 is 0. The zero-order valence-corrected chi connectivity index (χ0v) is 24.0. The molecule has 0 saturated heterocycles. The fourth-order valence-corrected chi connectivity index (χ4v) is 1.46. The van der Waals surface area contributed by atoms with E-state index in [4.69, 9.17) is 16.8 Å². The van der Waals surface area contributed by atoms with Crippen LogP contribution in [0.25, 0.3) is 12.2 Å². The minimum atomic E-state index is -5.67. The van der Waals surface area contributed by atoms with Gasteiger partial charge in [0.2, 0.25) is 0 Å². The first-order valence-corrected chi connectivity index (χ1v) is 11.3. The van der Waals surface area contributed by atoms with Crippen LogP contribution >= 0.6 is 0 Å². The van der Waals surface area contributed by atoms with E-state index >= 15 is 0 Å². The van der Waals surface area contributed by atoms with E-state index in [0.29, 0.717) is 5.56 Å². The summed E-state index contributed by atoms with van der Waals surface area (Å²) in [6, 6.07) is 17.3. The number of rotatable bonds is 5. The molecule has 2 aromatic rings. The average Bonchev–Trinajstić information content (AvgIpc) is 2.82. The third-order valence-corrected chi connectivity index (χ3v) is 2.84. The van der Waals surface area contributed by atoms with Gasteiger partial charge in [-0.25, -0.2) is 8.78 Å². The van der Waals surface area contributed by atoms with Gasteiger partial charge < -0.3 is 17.0 Å². The van der Waals surface area contributed by atoms with Crippen molar-refractivity contribution in [2.45, 2.75) is 0 Å². The molecule has 0 bridgehead atoms. The number of carbonyl (C=O) groups is 2. The first-order chi connectivity index (χ1) is 16.5. The summed E-state index contributed by atoms with van der Waals surface area (Å²) in [7, 11) is -11.3. The fourth-order valence-electron chi connectivity index (χ4n) is 1.46. The monoisotopic (exact) mass is 665 g/mol. The van der Waals surface area contributed by atoms with Crippen LogP contribution in [0, 0.1) is 6.07 Å². The SMILES string of the molecule is C=Cc1cc[c-]cc1.C=Cc1ccc(C(=O)CF)cc1.C=[O+]C(=O)CF.O=S(=O)(F)F.O=S(=O)(F)F.[Br-].[Mg+2]. The van der Waals surface area contributed by atoms with Crippen LogP contribution in [0.2, 0.25) is 0 Å². The Labute approximate surface area is 243 Å². The smallest absolute Gasteiger partial charge is 1.00 e. The number of Topliss-reactive ketones (excluding diaryl/α,β-unsaturated/α-hetero) is 1. The van der Waals surface area contributed by atoms with E-state index in [1.165, 1.54) is 0 Å². The van der Waals surface area contributed by atoms with E-state index in [1.807, 2.05) is 30.3 Å². The summed E-state index contributed by atoms with van der Waals surface area (Å²) in [5.74, 6) is -1.42. The molecule has 0 heterocycles. The van der Waals surface area contributed by atoms with E-state index in [0.717, 1.165) is 11.1 Å². The maximum absolute atomic E-state index is 11.9. The zero-order chi connectivity index (χ0) is 28.8. The van der Waals surface area contributed by atoms with Crippen molar-refractivity contribution in [3.63, 3.8) is 0 Å². The summed E-state index contributed by atoms with van der Waals surface area (Å²) in [4.78, 5) is 20.3. The maximum Gasteiger partial charge on any atom is 2.00 e. The molecule has 0 amide bonds. The molecule has 0 saturated carbocycles. The number of ketones is 1. The Hall–Kier alpha value is -2.34. The van der Waals surface area contributed by atoms with Crippen LogP contribution in [0.3, 0.4) is 0 Å². The van der Waals surface area contributed by atoms with Crippen LogP contribution < -0.4 is 17.0 Å². The van der Waals surface area contributed by atoms with Crippen molar-refractivity contribution >= 4 is 75.0 Å². The molecule has 0 fully saturated rings.